The maximum absolute atomic E-state index is 13.6. The highest BCUT2D eigenvalue weighted by Crippen LogP contribution is 2.43. The smallest absolute Gasteiger partial charge is 0.456 e. The molecule has 3 unspecified atom stereocenters. The molecule has 0 aliphatic carbocycles. The van der Waals surface area contributed by atoms with Crippen molar-refractivity contribution in [3.05, 3.63) is 72.9 Å². The van der Waals surface area contributed by atoms with Crippen LogP contribution in [0.3, 0.4) is 0 Å². The lowest BCUT2D eigenvalue weighted by Crippen LogP contribution is -2.47. The Hall–Kier alpha value is -2.55. The lowest BCUT2D eigenvalue weighted by atomic mass is 10.0. The average molecular weight is 1240 g/mol. The highest BCUT2D eigenvalue weighted by Gasteiger charge is 2.30. The summed E-state index contributed by atoms with van der Waals surface area (Å²) in [7, 11) is 1.50. The first-order valence-corrected chi connectivity index (χ1v) is 38.8. The van der Waals surface area contributed by atoms with Crippen molar-refractivity contribution in [1.82, 2.24) is 5.32 Å². The Morgan fingerprint density at radius 2 is 0.701 bits per heavy atom. The number of nitrogens with one attached hydrogen (secondary N) is 1. The molecule has 87 heavy (non-hydrogen) atoms. The van der Waals surface area contributed by atoms with Crippen LogP contribution in [0.15, 0.2) is 72.9 Å². The van der Waals surface area contributed by atoms with E-state index in [2.05, 4.69) is 86.8 Å². The van der Waals surface area contributed by atoms with E-state index in [4.69, 9.17) is 13.8 Å². The Labute approximate surface area is 540 Å². The molecule has 0 aromatic heterocycles. The first kappa shape index (κ1) is 84.5. The molecular weight excluding hydrogens is 1100 g/mol. The van der Waals surface area contributed by atoms with Gasteiger partial charge >= 0.3 is 13.8 Å². The molecule has 0 fully saturated rings. The summed E-state index contributed by atoms with van der Waals surface area (Å²) in [5.41, 5.74) is 0. The van der Waals surface area contributed by atoms with E-state index in [0.29, 0.717) is 17.4 Å². The Morgan fingerprint density at radius 1 is 0.402 bits per heavy atom. The number of quaternary nitrogens is 1. The number of amides is 1. The number of hydrogen-bond donors (Lipinski definition) is 2. The fourth-order valence-electron chi connectivity index (χ4n) is 10.9. The van der Waals surface area contributed by atoms with Gasteiger partial charge < -0.3 is 19.4 Å². The van der Waals surface area contributed by atoms with Crippen LogP contribution in [0.1, 0.15) is 355 Å². The zero-order valence-corrected chi connectivity index (χ0v) is 59.2. The van der Waals surface area contributed by atoms with Crippen LogP contribution in [0.5, 0.6) is 0 Å². The van der Waals surface area contributed by atoms with Gasteiger partial charge in [-0.15, -0.1) is 0 Å². The molecule has 1 amide bonds. The summed E-state index contributed by atoms with van der Waals surface area (Å²) in [5, 5.41) is 3.08. The van der Waals surface area contributed by atoms with Crippen LogP contribution in [0.2, 0.25) is 0 Å². The van der Waals surface area contributed by atoms with Gasteiger partial charge in [0.2, 0.25) is 5.91 Å². The summed E-state index contributed by atoms with van der Waals surface area (Å²) in [6.07, 6.45) is 87.7. The third kappa shape index (κ3) is 67.7. The number of esters is 1. The van der Waals surface area contributed by atoms with Crippen molar-refractivity contribution in [2.24, 2.45) is 0 Å². The Bertz CT molecular complexity index is 1720. The topological polar surface area (TPSA) is 111 Å². The predicted molar refractivity (Wildman–Crippen MR) is 378 cm³/mol. The van der Waals surface area contributed by atoms with Gasteiger partial charge in [-0.3, -0.25) is 18.6 Å². The highest BCUT2D eigenvalue weighted by atomic mass is 31.2. The van der Waals surface area contributed by atoms with E-state index in [-0.39, 0.29) is 31.5 Å². The second kappa shape index (κ2) is 66.4. The number of carbonyl (C=O) groups is 2. The summed E-state index contributed by atoms with van der Waals surface area (Å²) in [4.78, 5) is 38.0. The fraction of sp³-hybridized carbons (Fsp3) is 0.818. The van der Waals surface area contributed by atoms with Crippen LogP contribution >= 0.6 is 7.82 Å². The van der Waals surface area contributed by atoms with Crippen LogP contribution in [0, 0.1) is 0 Å². The summed E-state index contributed by atoms with van der Waals surface area (Å²) in [6.45, 7) is 7.00. The molecule has 508 valence electrons. The number of phosphoric acid groups is 1. The number of likely N-dealkylation sites (N-methyl/N-ethyl adjacent to an activating group) is 1. The van der Waals surface area contributed by atoms with Gasteiger partial charge in [-0.2, -0.15) is 0 Å². The average Bonchev–Trinajstić information content (AvgIpc) is 3.70. The van der Waals surface area contributed by atoms with Gasteiger partial charge in [0.1, 0.15) is 19.3 Å². The number of nitrogens with zero attached hydrogens (tertiary/aromatic N) is 1. The van der Waals surface area contributed by atoms with E-state index >= 15 is 0 Å². The Kier molecular flexibility index (Phi) is 64.4. The van der Waals surface area contributed by atoms with Crippen molar-refractivity contribution < 1.29 is 37.3 Å². The first-order chi connectivity index (χ1) is 42.4. The lowest BCUT2D eigenvalue weighted by Gasteiger charge is -2.27. The van der Waals surface area contributed by atoms with Crippen molar-refractivity contribution in [3.8, 4) is 0 Å². The number of ether oxygens (including phenoxy) is 1. The molecular formula is C77H144N2O7P+. The molecule has 10 heteroatoms. The quantitative estimate of drug-likeness (QED) is 0.0205. The van der Waals surface area contributed by atoms with Gasteiger partial charge in [-0.05, 0) is 102 Å². The number of carbonyl (C=O) groups excluding carboxylic acids is 2. The molecule has 0 saturated heterocycles. The molecule has 3 atom stereocenters. The van der Waals surface area contributed by atoms with E-state index < -0.39 is 20.0 Å². The molecule has 0 heterocycles. The third-order valence-electron chi connectivity index (χ3n) is 16.6. The first-order valence-electron chi connectivity index (χ1n) is 37.3. The molecule has 0 aliphatic heterocycles. The maximum atomic E-state index is 13.6. The molecule has 0 saturated carbocycles. The molecule has 0 rings (SSSR count). The molecule has 0 bridgehead atoms. The molecule has 0 spiro atoms. The van der Waals surface area contributed by atoms with Crippen LogP contribution in [-0.2, 0) is 27.9 Å². The van der Waals surface area contributed by atoms with Gasteiger partial charge in [0.05, 0.1) is 33.8 Å². The summed E-state index contributed by atoms with van der Waals surface area (Å²) >= 11 is 0. The monoisotopic (exact) mass is 1240 g/mol. The van der Waals surface area contributed by atoms with Crippen molar-refractivity contribution >= 4 is 19.7 Å². The van der Waals surface area contributed by atoms with Gasteiger partial charge in [-0.1, -0.05) is 312 Å². The number of phosphoric ester groups is 1. The highest BCUT2D eigenvalue weighted by molar-refractivity contribution is 7.47. The largest absolute Gasteiger partial charge is 0.472 e. The number of unbranched alkanes of at least 4 members (excludes halogenated alkanes) is 42. The number of hydrogen-bond acceptors (Lipinski definition) is 6. The molecule has 0 aliphatic rings. The minimum atomic E-state index is -4.46. The van der Waals surface area contributed by atoms with Crippen LogP contribution in [-0.4, -0.2) is 74.3 Å². The molecule has 0 aromatic rings. The van der Waals surface area contributed by atoms with E-state index in [0.717, 1.165) is 89.9 Å². The minimum absolute atomic E-state index is 0.0385. The summed E-state index contributed by atoms with van der Waals surface area (Å²) in [5.74, 6) is -0.500. The minimum Gasteiger partial charge on any atom is -0.456 e. The predicted octanol–water partition coefficient (Wildman–Crippen LogP) is 23.9. The molecule has 0 radical (unpaired) electrons. The van der Waals surface area contributed by atoms with Crippen LogP contribution in [0.25, 0.3) is 0 Å². The van der Waals surface area contributed by atoms with Crippen LogP contribution < -0.4 is 5.32 Å². The third-order valence-corrected chi connectivity index (χ3v) is 17.6. The van der Waals surface area contributed by atoms with E-state index in [9.17, 15) is 19.0 Å². The fourth-order valence-corrected chi connectivity index (χ4v) is 11.6. The SMILES string of the molecule is CCCCC/C=C\C/C=C\C/C=C\CCCCCCCCCCC(=O)OC(/C=C\CCCCCCCCCCCCC)C(COP(=O)(O)OCC[N+](C)(C)C)NC(=O)CCCCCCCCCCCCCCCCCCC/C=C\C/C=C\CCCCC. The van der Waals surface area contributed by atoms with Crippen molar-refractivity contribution in [3.63, 3.8) is 0 Å². The van der Waals surface area contributed by atoms with E-state index in [1.54, 1.807) is 0 Å². The summed E-state index contributed by atoms with van der Waals surface area (Å²) < 4.78 is 30.9. The second-order valence-electron chi connectivity index (χ2n) is 26.5. The molecule has 2 N–H and O–H groups in total. The maximum Gasteiger partial charge on any atom is 0.472 e. The lowest BCUT2D eigenvalue weighted by molar-refractivity contribution is -0.870. The summed E-state index contributed by atoms with van der Waals surface area (Å²) in [6, 6.07) is -0.854. The van der Waals surface area contributed by atoms with Gasteiger partial charge in [-0.25, -0.2) is 4.57 Å². The van der Waals surface area contributed by atoms with E-state index in [1.165, 1.54) is 231 Å². The zero-order valence-electron chi connectivity index (χ0n) is 58.3. The Morgan fingerprint density at radius 3 is 1.07 bits per heavy atom. The standard InChI is InChI=1S/C77H143N2O7P/c1-7-10-13-16-19-22-25-28-30-32-34-36-37-38-39-40-41-43-44-46-48-51-54-57-60-63-66-69-76(80)78-74(73-85-87(82,83)84-72-71-79(4,5)6)75(68-65-62-59-56-53-50-27-24-21-18-15-12-9-3)86-77(81)70-67-64-61-58-55-52-49-47-45-42-35-33-31-29-26-23-20-17-14-11-8-2/h19-20,22-23,28-31,35,42,65,68,74-75H,7-18,21,24-27,32-34,36-41,43-64,66-67,69-73H2,1-6H3,(H-,78,80,82,83)/p+1/b22-19-,23-20-,30-28-,31-29-,42-35-,68-65-. The normalized spacial score (nSPS) is 13.9. The van der Waals surface area contributed by atoms with Crippen molar-refractivity contribution in [2.45, 2.75) is 367 Å². The Balaban J connectivity index is 5.03. The van der Waals surface area contributed by atoms with Gasteiger partial charge in [0, 0.05) is 12.8 Å². The van der Waals surface area contributed by atoms with Gasteiger partial charge in [0.15, 0.2) is 0 Å². The van der Waals surface area contributed by atoms with Crippen molar-refractivity contribution in [2.75, 3.05) is 40.9 Å². The zero-order chi connectivity index (χ0) is 63.5. The second-order valence-corrected chi connectivity index (χ2v) is 27.9. The molecule has 9 nitrogen and oxygen atoms in total. The number of rotatable bonds is 68. The van der Waals surface area contributed by atoms with Crippen LogP contribution in [0.4, 0.5) is 0 Å². The van der Waals surface area contributed by atoms with Gasteiger partial charge in [0.25, 0.3) is 0 Å². The number of allylic oxidation sites excluding steroid dienone is 11. The van der Waals surface area contributed by atoms with E-state index in [1.807, 2.05) is 33.3 Å². The van der Waals surface area contributed by atoms with Crippen molar-refractivity contribution in [1.29, 1.82) is 0 Å². The molecule has 0 aromatic carbocycles.